The van der Waals surface area contributed by atoms with E-state index in [-0.39, 0.29) is 0 Å². The van der Waals surface area contributed by atoms with Crippen LogP contribution >= 0.6 is 11.3 Å². The molecule has 2 aromatic carbocycles. The lowest BCUT2D eigenvalue weighted by atomic mass is 10.00. The standard InChI is InChI=1S/C21H20N2OS/c1-14-22-16(13-25-14)7-3-2-6-15-10-11-18-17-8-4-5-9-19(17)21(23-24)20(18)12-15/h4-5,8-13,24H,2-3,6-7H2,1H3/b23-21-. The largest absolute Gasteiger partial charge is 0.410 e. The average molecular weight is 348 g/mol. The molecule has 0 unspecified atom stereocenters. The van der Waals surface area contributed by atoms with Crippen molar-refractivity contribution in [2.45, 2.75) is 32.6 Å². The van der Waals surface area contributed by atoms with Gasteiger partial charge in [-0.05, 0) is 55.4 Å². The molecule has 1 aliphatic carbocycles. The van der Waals surface area contributed by atoms with E-state index in [2.05, 4.69) is 46.7 Å². The van der Waals surface area contributed by atoms with E-state index >= 15 is 0 Å². The average Bonchev–Trinajstić information content (AvgIpc) is 3.19. The van der Waals surface area contributed by atoms with Crippen molar-refractivity contribution in [2.75, 3.05) is 0 Å². The SMILES string of the molecule is Cc1nc(CCCCc2ccc3c(c2)/C(=N\O)c2ccccc2-3)cs1. The van der Waals surface area contributed by atoms with Crippen LogP contribution in [0.25, 0.3) is 11.1 Å². The van der Waals surface area contributed by atoms with Gasteiger partial charge in [0.1, 0.15) is 5.71 Å². The van der Waals surface area contributed by atoms with Crippen LogP contribution in [0.1, 0.15) is 40.2 Å². The van der Waals surface area contributed by atoms with Gasteiger partial charge < -0.3 is 5.21 Å². The summed E-state index contributed by atoms with van der Waals surface area (Å²) in [4.78, 5) is 4.52. The fourth-order valence-electron chi connectivity index (χ4n) is 3.51. The van der Waals surface area contributed by atoms with Crippen molar-refractivity contribution in [3.63, 3.8) is 0 Å². The number of unbranched alkanes of at least 4 members (excludes halogenated alkanes) is 1. The topological polar surface area (TPSA) is 45.5 Å². The summed E-state index contributed by atoms with van der Waals surface area (Å²) in [5.41, 5.74) is 7.54. The number of hydrogen-bond acceptors (Lipinski definition) is 4. The summed E-state index contributed by atoms with van der Waals surface area (Å²) in [5.74, 6) is 0. The number of hydrogen-bond donors (Lipinski definition) is 1. The van der Waals surface area contributed by atoms with E-state index in [0.29, 0.717) is 5.71 Å². The van der Waals surface area contributed by atoms with Crippen molar-refractivity contribution in [3.05, 3.63) is 75.2 Å². The van der Waals surface area contributed by atoms with Gasteiger partial charge >= 0.3 is 0 Å². The molecule has 126 valence electrons. The van der Waals surface area contributed by atoms with Crippen LogP contribution in [0, 0.1) is 6.92 Å². The third kappa shape index (κ3) is 3.10. The van der Waals surface area contributed by atoms with Crippen LogP contribution < -0.4 is 0 Å². The molecular formula is C21H20N2OS. The number of benzene rings is 2. The maximum atomic E-state index is 9.47. The van der Waals surface area contributed by atoms with E-state index < -0.39 is 0 Å². The van der Waals surface area contributed by atoms with E-state index in [0.717, 1.165) is 52.9 Å². The van der Waals surface area contributed by atoms with Crippen molar-refractivity contribution < 1.29 is 5.21 Å². The number of aryl methyl sites for hydroxylation is 3. The van der Waals surface area contributed by atoms with E-state index in [4.69, 9.17) is 0 Å². The highest BCUT2D eigenvalue weighted by Crippen LogP contribution is 2.37. The van der Waals surface area contributed by atoms with Gasteiger partial charge in [-0.2, -0.15) is 0 Å². The normalized spacial score (nSPS) is 13.9. The molecule has 4 heteroatoms. The molecular weight excluding hydrogens is 328 g/mol. The van der Waals surface area contributed by atoms with Crippen molar-refractivity contribution in [2.24, 2.45) is 5.16 Å². The van der Waals surface area contributed by atoms with Crippen molar-refractivity contribution >= 4 is 17.0 Å². The number of nitrogens with zero attached hydrogens (tertiary/aromatic N) is 2. The Bertz CT molecular complexity index is 943. The maximum absolute atomic E-state index is 9.47. The number of oxime groups is 1. The number of thiazole rings is 1. The minimum absolute atomic E-state index is 0.686. The second-order valence-electron chi connectivity index (χ2n) is 6.44. The minimum Gasteiger partial charge on any atom is -0.410 e. The molecule has 0 aliphatic heterocycles. The summed E-state index contributed by atoms with van der Waals surface area (Å²) >= 11 is 1.72. The second-order valence-corrected chi connectivity index (χ2v) is 7.50. The van der Waals surface area contributed by atoms with Gasteiger partial charge in [0.2, 0.25) is 0 Å². The van der Waals surface area contributed by atoms with Crippen LogP contribution in [0.15, 0.2) is 53.0 Å². The van der Waals surface area contributed by atoms with Gasteiger partial charge in [0.25, 0.3) is 0 Å². The minimum atomic E-state index is 0.686. The van der Waals surface area contributed by atoms with E-state index in [1.165, 1.54) is 11.3 Å². The Balaban J connectivity index is 1.46. The van der Waals surface area contributed by atoms with Crippen LogP contribution in [0.5, 0.6) is 0 Å². The summed E-state index contributed by atoms with van der Waals surface area (Å²) in [7, 11) is 0. The highest BCUT2D eigenvalue weighted by molar-refractivity contribution is 7.09. The molecule has 1 heterocycles. The monoisotopic (exact) mass is 348 g/mol. The highest BCUT2D eigenvalue weighted by atomic mass is 32.1. The summed E-state index contributed by atoms with van der Waals surface area (Å²) in [5, 5.41) is 16.3. The van der Waals surface area contributed by atoms with Gasteiger partial charge in [-0.3, -0.25) is 0 Å². The van der Waals surface area contributed by atoms with Crippen LogP contribution in [-0.4, -0.2) is 15.9 Å². The Labute approximate surface area is 151 Å². The van der Waals surface area contributed by atoms with Gasteiger partial charge in [-0.1, -0.05) is 41.6 Å². The van der Waals surface area contributed by atoms with E-state index in [9.17, 15) is 5.21 Å². The fraction of sp³-hybridized carbons (Fsp3) is 0.238. The molecule has 0 saturated carbocycles. The number of aromatic nitrogens is 1. The molecule has 3 nitrogen and oxygen atoms in total. The van der Waals surface area contributed by atoms with Crippen LogP contribution in [0.2, 0.25) is 0 Å². The Morgan fingerprint density at radius 3 is 2.48 bits per heavy atom. The van der Waals surface area contributed by atoms with E-state index in [1.54, 1.807) is 11.3 Å². The van der Waals surface area contributed by atoms with E-state index in [1.807, 2.05) is 18.2 Å². The third-order valence-corrected chi connectivity index (χ3v) is 5.55. The van der Waals surface area contributed by atoms with Crippen LogP contribution in [0.4, 0.5) is 0 Å². The molecule has 0 amide bonds. The lowest BCUT2D eigenvalue weighted by molar-refractivity contribution is 0.320. The number of rotatable bonds is 5. The van der Waals surface area contributed by atoms with Gasteiger partial charge in [-0.15, -0.1) is 11.3 Å². The first-order chi connectivity index (χ1) is 12.3. The quantitative estimate of drug-likeness (QED) is 0.305. The summed E-state index contributed by atoms with van der Waals surface area (Å²) in [6.07, 6.45) is 4.35. The van der Waals surface area contributed by atoms with Crippen molar-refractivity contribution in [3.8, 4) is 11.1 Å². The lowest BCUT2D eigenvalue weighted by Gasteiger charge is -2.05. The highest BCUT2D eigenvalue weighted by Gasteiger charge is 2.25. The Hall–Kier alpha value is -2.46. The van der Waals surface area contributed by atoms with Crippen molar-refractivity contribution in [1.29, 1.82) is 0 Å². The fourth-order valence-corrected chi connectivity index (χ4v) is 4.16. The van der Waals surface area contributed by atoms with Gasteiger partial charge in [0.15, 0.2) is 0 Å². The summed E-state index contributed by atoms with van der Waals surface area (Å²) < 4.78 is 0. The Morgan fingerprint density at radius 2 is 1.72 bits per heavy atom. The molecule has 4 rings (SSSR count). The molecule has 0 fully saturated rings. The molecule has 0 saturated heterocycles. The van der Waals surface area contributed by atoms with Crippen LogP contribution in [0.3, 0.4) is 0 Å². The number of fused-ring (bicyclic) bond motifs is 3. The molecule has 25 heavy (non-hydrogen) atoms. The molecule has 0 atom stereocenters. The first-order valence-corrected chi connectivity index (χ1v) is 9.50. The van der Waals surface area contributed by atoms with Crippen molar-refractivity contribution in [1.82, 2.24) is 4.98 Å². The zero-order chi connectivity index (χ0) is 17.2. The molecule has 1 N–H and O–H groups in total. The van der Waals surface area contributed by atoms with Gasteiger partial charge in [-0.25, -0.2) is 4.98 Å². The maximum Gasteiger partial charge on any atom is 0.118 e. The molecule has 0 spiro atoms. The van der Waals surface area contributed by atoms with Crippen LogP contribution in [-0.2, 0) is 12.8 Å². The second kappa shape index (κ2) is 6.81. The van der Waals surface area contributed by atoms with Gasteiger partial charge in [0.05, 0.1) is 10.7 Å². The summed E-state index contributed by atoms with van der Waals surface area (Å²) in [6.45, 7) is 2.05. The molecule has 1 aromatic heterocycles. The first kappa shape index (κ1) is 16.0. The Kier molecular flexibility index (Phi) is 4.36. The third-order valence-electron chi connectivity index (χ3n) is 4.73. The molecule has 3 aromatic rings. The molecule has 0 radical (unpaired) electrons. The smallest absolute Gasteiger partial charge is 0.118 e. The first-order valence-electron chi connectivity index (χ1n) is 8.62. The van der Waals surface area contributed by atoms with Gasteiger partial charge in [0, 0.05) is 16.5 Å². The molecule has 0 bridgehead atoms. The predicted octanol–water partition coefficient (Wildman–Crippen LogP) is 5.22. The zero-order valence-corrected chi connectivity index (χ0v) is 15.0. The predicted molar refractivity (Wildman–Crippen MR) is 103 cm³/mol. The molecule has 1 aliphatic rings. The summed E-state index contributed by atoms with van der Waals surface area (Å²) in [6, 6.07) is 14.6. The zero-order valence-electron chi connectivity index (χ0n) is 14.2. The Morgan fingerprint density at radius 1 is 0.960 bits per heavy atom. The lowest BCUT2D eigenvalue weighted by Crippen LogP contribution is -1.99.